The molecule has 0 saturated carbocycles. The molecule has 0 radical (unpaired) electrons. The SMILES string of the molecule is c1ccc(C2NCCn3c(CN4CCCCC4)ccc32)cc1. The van der Waals surface area contributed by atoms with Gasteiger partial charge in [0.05, 0.1) is 6.04 Å². The second-order valence-corrected chi connectivity index (χ2v) is 6.54. The first-order valence-electron chi connectivity index (χ1n) is 8.61. The number of aromatic nitrogens is 1. The van der Waals surface area contributed by atoms with E-state index in [1.807, 2.05) is 0 Å². The van der Waals surface area contributed by atoms with Crippen molar-refractivity contribution in [2.45, 2.75) is 38.4 Å². The zero-order valence-electron chi connectivity index (χ0n) is 13.2. The van der Waals surface area contributed by atoms with Crippen LogP contribution in [0, 0.1) is 0 Å². The van der Waals surface area contributed by atoms with Gasteiger partial charge in [-0.2, -0.15) is 0 Å². The van der Waals surface area contributed by atoms with E-state index in [-0.39, 0.29) is 0 Å². The number of nitrogens with one attached hydrogen (secondary N) is 1. The molecule has 1 atom stereocenters. The monoisotopic (exact) mass is 295 g/mol. The molecule has 3 nitrogen and oxygen atoms in total. The van der Waals surface area contributed by atoms with Gasteiger partial charge in [0.15, 0.2) is 0 Å². The molecule has 1 unspecified atom stereocenters. The number of hydrogen-bond donors (Lipinski definition) is 1. The summed E-state index contributed by atoms with van der Waals surface area (Å²) in [6.07, 6.45) is 4.13. The Labute approximate surface area is 132 Å². The van der Waals surface area contributed by atoms with Gasteiger partial charge in [0.25, 0.3) is 0 Å². The first kappa shape index (κ1) is 14.0. The van der Waals surface area contributed by atoms with Crippen molar-refractivity contribution < 1.29 is 0 Å². The summed E-state index contributed by atoms with van der Waals surface area (Å²) in [5.41, 5.74) is 4.27. The van der Waals surface area contributed by atoms with E-state index in [0.717, 1.165) is 19.6 Å². The van der Waals surface area contributed by atoms with Crippen LogP contribution in [0.25, 0.3) is 0 Å². The zero-order valence-corrected chi connectivity index (χ0v) is 13.2. The van der Waals surface area contributed by atoms with Crippen molar-refractivity contribution in [3.8, 4) is 0 Å². The molecule has 0 bridgehead atoms. The third kappa shape index (κ3) is 2.71. The maximum Gasteiger partial charge on any atom is 0.0731 e. The minimum atomic E-state index is 0.338. The van der Waals surface area contributed by atoms with Gasteiger partial charge in [0, 0.05) is 31.0 Å². The number of piperidine rings is 1. The van der Waals surface area contributed by atoms with Gasteiger partial charge in [-0.05, 0) is 43.6 Å². The van der Waals surface area contributed by atoms with Gasteiger partial charge in [-0.3, -0.25) is 4.90 Å². The van der Waals surface area contributed by atoms with E-state index in [4.69, 9.17) is 0 Å². The summed E-state index contributed by atoms with van der Waals surface area (Å²) < 4.78 is 2.54. The highest BCUT2D eigenvalue weighted by atomic mass is 15.2. The molecule has 1 saturated heterocycles. The summed E-state index contributed by atoms with van der Waals surface area (Å²) >= 11 is 0. The van der Waals surface area contributed by atoms with Crippen LogP contribution < -0.4 is 5.32 Å². The van der Waals surface area contributed by atoms with Crippen LogP contribution in [0.4, 0.5) is 0 Å². The molecule has 2 aromatic rings. The average Bonchev–Trinajstić information content (AvgIpc) is 3.00. The minimum Gasteiger partial charge on any atom is -0.344 e. The van der Waals surface area contributed by atoms with Crippen molar-refractivity contribution in [3.63, 3.8) is 0 Å². The normalized spacial score (nSPS) is 22.5. The lowest BCUT2D eigenvalue weighted by atomic mass is 10.0. The van der Waals surface area contributed by atoms with Crippen molar-refractivity contribution in [2.24, 2.45) is 0 Å². The van der Waals surface area contributed by atoms with E-state index in [0.29, 0.717) is 6.04 Å². The van der Waals surface area contributed by atoms with Crippen molar-refractivity contribution in [1.29, 1.82) is 0 Å². The van der Waals surface area contributed by atoms with Gasteiger partial charge >= 0.3 is 0 Å². The molecule has 1 fully saturated rings. The Balaban J connectivity index is 1.58. The molecule has 0 aliphatic carbocycles. The molecule has 3 heterocycles. The molecule has 1 aromatic carbocycles. The Morgan fingerprint density at radius 2 is 1.73 bits per heavy atom. The van der Waals surface area contributed by atoms with Crippen LogP contribution in [0.3, 0.4) is 0 Å². The second-order valence-electron chi connectivity index (χ2n) is 6.54. The molecule has 0 amide bonds. The Hall–Kier alpha value is -1.58. The highest BCUT2D eigenvalue weighted by molar-refractivity contribution is 5.32. The van der Waals surface area contributed by atoms with Gasteiger partial charge in [0.2, 0.25) is 0 Å². The Morgan fingerprint density at radius 3 is 2.55 bits per heavy atom. The molecular formula is C19H25N3. The summed E-state index contributed by atoms with van der Waals surface area (Å²) in [6.45, 7) is 5.78. The molecule has 2 aliphatic rings. The fourth-order valence-corrected chi connectivity index (χ4v) is 3.90. The third-order valence-electron chi connectivity index (χ3n) is 5.05. The fourth-order valence-electron chi connectivity index (χ4n) is 3.90. The number of rotatable bonds is 3. The van der Waals surface area contributed by atoms with E-state index >= 15 is 0 Å². The van der Waals surface area contributed by atoms with Crippen molar-refractivity contribution >= 4 is 0 Å². The molecule has 4 rings (SSSR count). The van der Waals surface area contributed by atoms with Crippen molar-refractivity contribution in [1.82, 2.24) is 14.8 Å². The lowest BCUT2D eigenvalue weighted by Gasteiger charge is -2.30. The van der Waals surface area contributed by atoms with E-state index in [9.17, 15) is 0 Å². The number of benzene rings is 1. The molecule has 116 valence electrons. The molecule has 2 aliphatic heterocycles. The van der Waals surface area contributed by atoms with Crippen LogP contribution in [0.15, 0.2) is 42.5 Å². The van der Waals surface area contributed by atoms with Gasteiger partial charge in [-0.25, -0.2) is 0 Å². The minimum absolute atomic E-state index is 0.338. The van der Waals surface area contributed by atoms with E-state index in [2.05, 4.69) is 57.2 Å². The molecule has 22 heavy (non-hydrogen) atoms. The summed E-state index contributed by atoms with van der Waals surface area (Å²) in [6, 6.07) is 15.8. The first-order valence-corrected chi connectivity index (χ1v) is 8.61. The molecule has 1 aromatic heterocycles. The van der Waals surface area contributed by atoms with Crippen LogP contribution in [0.1, 0.15) is 42.3 Å². The highest BCUT2D eigenvalue weighted by Gasteiger charge is 2.23. The number of nitrogens with zero attached hydrogens (tertiary/aromatic N) is 2. The van der Waals surface area contributed by atoms with E-state index in [1.165, 1.54) is 49.3 Å². The molecule has 0 spiro atoms. The van der Waals surface area contributed by atoms with Gasteiger partial charge in [0.1, 0.15) is 0 Å². The Morgan fingerprint density at radius 1 is 0.909 bits per heavy atom. The van der Waals surface area contributed by atoms with Crippen LogP contribution >= 0.6 is 0 Å². The summed E-state index contributed by atoms with van der Waals surface area (Å²) in [4.78, 5) is 2.62. The number of fused-ring (bicyclic) bond motifs is 1. The molecular weight excluding hydrogens is 270 g/mol. The van der Waals surface area contributed by atoms with Crippen molar-refractivity contribution in [2.75, 3.05) is 19.6 Å². The van der Waals surface area contributed by atoms with Crippen LogP contribution in [0.5, 0.6) is 0 Å². The number of hydrogen-bond acceptors (Lipinski definition) is 2. The maximum absolute atomic E-state index is 3.67. The second kappa shape index (κ2) is 6.27. The van der Waals surface area contributed by atoms with Gasteiger partial charge in [-0.1, -0.05) is 36.8 Å². The predicted molar refractivity (Wildman–Crippen MR) is 89.8 cm³/mol. The predicted octanol–water partition coefficient (Wildman–Crippen LogP) is 3.17. The zero-order chi connectivity index (χ0) is 14.8. The van der Waals surface area contributed by atoms with E-state index in [1.54, 1.807) is 0 Å². The topological polar surface area (TPSA) is 20.2 Å². The van der Waals surface area contributed by atoms with Gasteiger partial charge in [-0.15, -0.1) is 0 Å². The van der Waals surface area contributed by atoms with Crippen LogP contribution in [-0.4, -0.2) is 29.1 Å². The fraction of sp³-hybridized carbons (Fsp3) is 0.474. The lowest BCUT2D eigenvalue weighted by Crippen LogP contribution is -2.36. The van der Waals surface area contributed by atoms with Gasteiger partial charge < -0.3 is 9.88 Å². The summed E-state index contributed by atoms with van der Waals surface area (Å²) in [5, 5.41) is 3.67. The van der Waals surface area contributed by atoms with Crippen molar-refractivity contribution in [3.05, 3.63) is 59.4 Å². The summed E-state index contributed by atoms with van der Waals surface area (Å²) in [7, 11) is 0. The Kier molecular flexibility index (Phi) is 4.00. The first-order chi connectivity index (χ1) is 10.9. The molecule has 3 heteroatoms. The van der Waals surface area contributed by atoms with E-state index < -0.39 is 0 Å². The number of likely N-dealkylation sites (tertiary alicyclic amines) is 1. The third-order valence-corrected chi connectivity index (χ3v) is 5.05. The summed E-state index contributed by atoms with van der Waals surface area (Å²) in [5.74, 6) is 0. The highest BCUT2D eigenvalue weighted by Crippen LogP contribution is 2.27. The quantitative estimate of drug-likeness (QED) is 0.938. The average molecular weight is 295 g/mol. The lowest BCUT2D eigenvalue weighted by molar-refractivity contribution is 0.214. The Bertz CT molecular complexity index is 611. The molecule has 1 N–H and O–H groups in total. The van der Waals surface area contributed by atoms with Crippen LogP contribution in [0.2, 0.25) is 0 Å². The van der Waals surface area contributed by atoms with Crippen LogP contribution in [-0.2, 0) is 13.1 Å². The largest absolute Gasteiger partial charge is 0.344 e. The smallest absolute Gasteiger partial charge is 0.0731 e. The maximum atomic E-state index is 3.67. The standard InChI is InChI=1S/C19H25N3/c1-3-7-16(8-4-1)19-18-10-9-17(22(18)14-11-20-19)15-21-12-5-2-6-13-21/h1,3-4,7-10,19-20H,2,5-6,11-15H2.